The quantitative estimate of drug-likeness (QED) is 0.178. The van der Waals surface area contributed by atoms with Gasteiger partial charge in [-0.05, 0) is 165 Å². The van der Waals surface area contributed by atoms with Crippen LogP contribution in [0.1, 0.15) is 88.5 Å². The molecule has 0 radical (unpaired) electrons. The molecule has 4 saturated carbocycles. The summed E-state index contributed by atoms with van der Waals surface area (Å²) in [5.74, 6) is 3.49. The molecule has 54 heavy (non-hydrogen) atoms. The van der Waals surface area contributed by atoms with Crippen molar-refractivity contribution in [2.24, 2.45) is 29.1 Å². The Morgan fingerprint density at radius 3 is 2.09 bits per heavy atom. The Kier molecular flexibility index (Phi) is 6.36. The van der Waals surface area contributed by atoms with E-state index in [1.807, 2.05) is 11.8 Å². The first-order valence-corrected chi connectivity index (χ1v) is 21.5. The highest BCUT2D eigenvalue weighted by molar-refractivity contribution is 7.99. The van der Waals surface area contributed by atoms with E-state index in [4.69, 9.17) is 0 Å². The van der Waals surface area contributed by atoms with Crippen LogP contribution in [0.15, 0.2) is 137 Å². The van der Waals surface area contributed by atoms with Gasteiger partial charge in [-0.2, -0.15) is 0 Å². The van der Waals surface area contributed by atoms with Crippen LogP contribution in [0.25, 0.3) is 21.9 Å². The van der Waals surface area contributed by atoms with Gasteiger partial charge in [0.25, 0.3) is 0 Å². The lowest BCUT2D eigenvalue weighted by Crippen LogP contribution is -2.74. The number of rotatable bonds is 4. The number of hydrogen-bond acceptors (Lipinski definition) is 2. The van der Waals surface area contributed by atoms with Gasteiger partial charge in [-0.3, -0.25) is 0 Å². The third-order valence-electron chi connectivity index (χ3n) is 16.0. The first kappa shape index (κ1) is 32.0. The molecule has 2 bridgehead atoms. The Bertz CT molecular complexity index is 2540. The second-order valence-electron chi connectivity index (χ2n) is 19.3. The number of benzene rings is 6. The fourth-order valence-electron chi connectivity index (χ4n) is 13.6. The normalized spacial score (nSPS) is 29.8. The van der Waals surface area contributed by atoms with Crippen LogP contribution in [0.2, 0.25) is 0 Å². The second kappa shape index (κ2) is 10.7. The van der Waals surface area contributed by atoms with Gasteiger partial charge in [0, 0.05) is 26.6 Å². The van der Waals surface area contributed by atoms with Crippen LogP contribution < -0.4 is 4.90 Å². The Morgan fingerprint density at radius 1 is 0.556 bits per heavy atom. The zero-order valence-electron chi connectivity index (χ0n) is 32.0. The molecule has 1 aliphatic heterocycles. The molecule has 0 aromatic heterocycles. The van der Waals surface area contributed by atoms with Crippen LogP contribution in [0.5, 0.6) is 0 Å². The third-order valence-corrected chi connectivity index (χ3v) is 17.2. The van der Waals surface area contributed by atoms with Crippen LogP contribution in [0.4, 0.5) is 17.1 Å². The summed E-state index contributed by atoms with van der Waals surface area (Å²) in [6, 6.07) is 49.4. The Labute approximate surface area is 325 Å². The van der Waals surface area contributed by atoms with Gasteiger partial charge in [-0.25, -0.2) is 0 Å². The molecule has 12 rings (SSSR count). The minimum Gasteiger partial charge on any atom is -0.309 e. The van der Waals surface area contributed by atoms with E-state index < -0.39 is 0 Å². The summed E-state index contributed by atoms with van der Waals surface area (Å²) in [4.78, 5) is 5.58. The molecule has 6 aromatic rings. The summed E-state index contributed by atoms with van der Waals surface area (Å²) < 4.78 is 0. The average molecular weight is 720 g/mol. The smallest absolute Gasteiger partial charge is 0.0604 e. The lowest BCUT2D eigenvalue weighted by atomic mass is 9.26. The lowest BCUT2D eigenvalue weighted by Gasteiger charge is -2.78. The van der Waals surface area contributed by atoms with Crippen molar-refractivity contribution in [3.8, 4) is 11.1 Å². The molecule has 2 heteroatoms. The van der Waals surface area contributed by atoms with Crippen molar-refractivity contribution in [3.63, 3.8) is 0 Å². The number of anilines is 3. The standard InChI is InChI=1S/C52H49NS/c1-49(2)24-25-50(3,4)43-30-39(22-23-40(43)49)53(38-20-18-34(19-21-38)36-17-16-33-10-5-6-11-35(33)28-36)44-14-9-13-42-48(44)54-45-15-8-7-12-41(45)52(42)46-27-32-26-37-29-47(52)51(37,46)31-32/h5-23,28,30,32,37,46-47H,24-27,29,31H2,1-4H3. The zero-order chi connectivity index (χ0) is 36.2. The first-order chi connectivity index (χ1) is 26.2. The van der Waals surface area contributed by atoms with Gasteiger partial charge < -0.3 is 4.90 Å². The second-order valence-corrected chi connectivity index (χ2v) is 20.3. The number of hydrogen-bond donors (Lipinski definition) is 0. The van der Waals surface area contributed by atoms with Crippen LogP contribution in [0.3, 0.4) is 0 Å². The third kappa shape index (κ3) is 3.98. The van der Waals surface area contributed by atoms with Crippen molar-refractivity contribution in [2.45, 2.75) is 92.3 Å². The molecule has 0 amide bonds. The number of nitrogens with zero attached hydrogens (tertiary/aromatic N) is 1. The largest absolute Gasteiger partial charge is 0.309 e. The molecule has 0 N–H and O–H groups in total. The maximum atomic E-state index is 2.62. The van der Waals surface area contributed by atoms with Crippen molar-refractivity contribution >= 4 is 39.6 Å². The van der Waals surface area contributed by atoms with E-state index in [-0.39, 0.29) is 16.2 Å². The number of fused-ring (bicyclic) bond motifs is 9. The predicted molar refractivity (Wildman–Crippen MR) is 226 cm³/mol. The van der Waals surface area contributed by atoms with Crippen molar-refractivity contribution in [2.75, 3.05) is 4.90 Å². The summed E-state index contributed by atoms with van der Waals surface area (Å²) in [5.41, 5.74) is 13.7. The minimum absolute atomic E-state index is 0.128. The van der Waals surface area contributed by atoms with Crippen LogP contribution in [0, 0.1) is 29.1 Å². The average Bonchev–Trinajstić information content (AvgIpc) is 3.72. The van der Waals surface area contributed by atoms with Crippen molar-refractivity contribution in [1.82, 2.24) is 0 Å². The molecule has 1 nitrogen and oxygen atoms in total. The van der Waals surface area contributed by atoms with Crippen LogP contribution in [-0.4, -0.2) is 0 Å². The van der Waals surface area contributed by atoms with Gasteiger partial charge in [0.15, 0.2) is 0 Å². The van der Waals surface area contributed by atoms with Crippen LogP contribution in [-0.2, 0) is 16.2 Å². The Balaban J connectivity index is 1.05. The summed E-state index contributed by atoms with van der Waals surface area (Å²) in [6.45, 7) is 9.80. The first-order valence-electron chi connectivity index (χ1n) is 20.6. The molecule has 0 saturated heterocycles. The molecule has 1 heterocycles. The minimum atomic E-state index is 0.128. The molecular formula is C52H49NS. The zero-order valence-corrected chi connectivity index (χ0v) is 32.8. The van der Waals surface area contributed by atoms with E-state index in [9.17, 15) is 0 Å². The predicted octanol–water partition coefficient (Wildman–Crippen LogP) is 14.1. The van der Waals surface area contributed by atoms with Crippen molar-refractivity contribution in [1.29, 1.82) is 0 Å². The van der Waals surface area contributed by atoms with E-state index >= 15 is 0 Å². The molecule has 6 unspecified atom stereocenters. The van der Waals surface area contributed by atoms with E-state index in [1.54, 1.807) is 11.1 Å². The van der Waals surface area contributed by atoms with E-state index in [0.29, 0.717) is 5.41 Å². The highest BCUT2D eigenvalue weighted by atomic mass is 32.2. The lowest BCUT2D eigenvalue weighted by molar-refractivity contribution is -0.235. The molecular weight excluding hydrogens is 671 g/mol. The molecule has 2 spiro atoms. The highest BCUT2D eigenvalue weighted by Gasteiger charge is 2.84. The molecule has 6 aromatic carbocycles. The molecule has 5 aliphatic carbocycles. The summed E-state index contributed by atoms with van der Waals surface area (Å²) >= 11 is 2.04. The van der Waals surface area contributed by atoms with Gasteiger partial charge in [-0.1, -0.05) is 124 Å². The Hall–Kier alpha value is -4.27. The fraction of sp³-hybridized carbons (Fsp3) is 0.346. The van der Waals surface area contributed by atoms with Gasteiger partial charge in [0.1, 0.15) is 0 Å². The summed E-state index contributed by atoms with van der Waals surface area (Å²) in [5, 5.41) is 2.57. The monoisotopic (exact) mass is 719 g/mol. The topological polar surface area (TPSA) is 3.24 Å². The fourth-order valence-corrected chi connectivity index (χ4v) is 14.9. The van der Waals surface area contributed by atoms with Gasteiger partial charge >= 0.3 is 0 Å². The molecule has 6 atom stereocenters. The van der Waals surface area contributed by atoms with Gasteiger partial charge in [0.05, 0.1) is 5.69 Å². The summed E-state index contributed by atoms with van der Waals surface area (Å²) in [7, 11) is 0. The van der Waals surface area contributed by atoms with Crippen LogP contribution >= 0.6 is 11.8 Å². The molecule has 268 valence electrons. The summed E-state index contributed by atoms with van der Waals surface area (Å²) in [6.07, 6.45) is 8.27. The maximum absolute atomic E-state index is 2.62. The van der Waals surface area contributed by atoms with E-state index in [1.165, 1.54) is 98.4 Å². The Morgan fingerprint density at radius 2 is 1.26 bits per heavy atom. The maximum Gasteiger partial charge on any atom is 0.0604 e. The highest BCUT2D eigenvalue weighted by Crippen LogP contribution is 2.89. The van der Waals surface area contributed by atoms with Crippen molar-refractivity contribution < 1.29 is 0 Å². The SMILES string of the molecule is CC1(C)CCC(C)(C)c2cc(N(c3ccc(-c4ccc5ccccc5c4)cc3)c3cccc4c3Sc3ccccc3C43C4CC5CC6CC3C64C5)ccc21. The van der Waals surface area contributed by atoms with Crippen molar-refractivity contribution in [3.05, 3.63) is 150 Å². The molecule has 4 fully saturated rings. The molecule has 6 aliphatic rings. The van der Waals surface area contributed by atoms with Gasteiger partial charge in [-0.15, -0.1) is 0 Å². The van der Waals surface area contributed by atoms with E-state index in [2.05, 4.69) is 160 Å². The van der Waals surface area contributed by atoms with Gasteiger partial charge in [0.2, 0.25) is 0 Å². The van der Waals surface area contributed by atoms with E-state index in [0.717, 1.165) is 23.7 Å².